The van der Waals surface area contributed by atoms with Crippen LogP contribution in [0.1, 0.15) is 18.1 Å². The van der Waals surface area contributed by atoms with Gasteiger partial charge in [0, 0.05) is 12.2 Å². The van der Waals surface area contributed by atoms with Crippen LogP contribution in [0.5, 0.6) is 11.5 Å². The molecule has 0 fully saturated rings. The lowest BCUT2D eigenvalue weighted by molar-refractivity contribution is 0.174. The molecule has 1 aliphatic rings. The minimum Gasteiger partial charge on any atom is -0.454 e. The van der Waals surface area contributed by atoms with E-state index in [1.54, 1.807) is 6.92 Å². The molecular formula is C19H20N2O4. The van der Waals surface area contributed by atoms with Crippen molar-refractivity contribution in [1.29, 1.82) is 0 Å². The van der Waals surface area contributed by atoms with Crippen LogP contribution in [0, 0.1) is 0 Å². The van der Waals surface area contributed by atoms with Gasteiger partial charge in [-0.05, 0) is 42.3 Å². The number of rotatable bonds is 5. The van der Waals surface area contributed by atoms with Crippen molar-refractivity contribution in [2.24, 2.45) is 0 Å². The first-order valence-corrected chi connectivity index (χ1v) is 8.01. The molecule has 2 amide bonds. The van der Waals surface area contributed by atoms with Crippen LogP contribution in [0.15, 0.2) is 42.5 Å². The summed E-state index contributed by atoms with van der Waals surface area (Å²) < 4.78 is 10.7. The fourth-order valence-corrected chi connectivity index (χ4v) is 2.30. The summed E-state index contributed by atoms with van der Waals surface area (Å²) in [6.45, 7) is 2.09. The van der Waals surface area contributed by atoms with Gasteiger partial charge in [0.2, 0.25) is 6.79 Å². The molecule has 1 heterocycles. The Balaban J connectivity index is 1.58. The van der Waals surface area contributed by atoms with E-state index in [1.165, 1.54) is 0 Å². The number of aliphatic hydroxyl groups excluding tert-OH is 1. The predicted molar refractivity (Wildman–Crippen MR) is 96.6 cm³/mol. The highest BCUT2D eigenvalue weighted by molar-refractivity contribution is 5.89. The van der Waals surface area contributed by atoms with Crippen LogP contribution in [0.3, 0.4) is 0 Å². The van der Waals surface area contributed by atoms with Crippen molar-refractivity contribution < 1.29 is 19.4 Å². The monoisotopic (exact) mass is 340 g/mol. The molecule has 2 aromatic carbocycles. The Hall–Kier alpha value is -2.99. The quantitative estimate of drug-likeness (QED) is 0.731. The number of anilines is 1. The van der Waals surface area contributed by atoms with Gasteiger partial charge in [-0.15, -0.1) is 0 Å². The Morgan fingerprint density at radius 3 is 2.56 bits per heavy atom. The standard InChI is InChI=1S/C19H20N2O4/c1-13(22)11-20-19(23)21-16-7-4-14(5-8-16)2-3-15-6-9-17-18(10-15)25-12-24-17/h2-10,13,22H,11-12H2,1H3,(H2,20,21,23)/b3-2+/t13-/m1/s1. The van der Waals surface area contributed by atoms with E-state index in [9.17, 15) is 4.79 Å². The number of hydrogen-bond donors (Lipinski definition) is 3. The number of ether oxygens (including phenoxy) is 2. The lowest BCUT2D eigenvalue weighted by Crippen LogP contribution is -2.34. The predicted octanol–water partition coefficient (Wildman–Crippen LogP) is 3.09. The summed E-state index contributed by atoms with van der Waals surface area (Å²) in [4.78, 5) is 11.6. The number of carbonyl (C=O) groups excluding carboxylic acids is 1. The van der Waals surface area contributed by atoms with Gasteiger partial charge < -0.3 is 25.2 Å². The van der Waals surface area contributed by atoms with Crippen molar-refractivity contribution in [3.63, 3.8) is 0 Å². The van der Waals surface area contributed by atoms with Crippen LogP contribution in [0.4, 0.5) is 10.5 Å². The van der Waals surface area contributed by atoms with Crippen LogP contribution < -0.4 is 20.1 Å². The molecule has 0 spiro atoms. The number of hydrogen-bond acceptors (Lipinski definition) is 4. The first-order chi connectivity index (χ1) is 12.1. The third kappa shape index (κ3) is 4.74. The summed E-state index contributed by atoms with van der Waals surface area (Å²) in [6.07, 6.45) is 3.39. The van der Waals surface area contributed by atoms with E-state index in [-0.39, 0.29) is 19.4 Å². The molecular weight excluding hydrogens is 320 g/mol. The molecule has 6 nitrogen and oxygen atoms in total. The number of fused-ring (bicyclic) bond motifs is 1. The summed E-state index contributed by atoms with van der Waals surface area (Å²) in [5, 5.41) is 14.4. The smallest absolute Gasteiger partial charge is 0.319 e. The number of nitrogens with one attached hydrogen (secondary N) is 2. The number of benzene rings is 2. The fraction of sp³-hybridized carbons (Fsp3) is 0.211. The maximum Gasteiger partial charge on any atom is 0.319 e. The molecule has 0 aliphatic carbocycles. The largest absolute Gasteiger partial charge is 0.454 e. The molecule has 2 aromatic rings. The molecule has 3 rings (SSSR count). The van der Waals surface area contributed by atoms with Crippen LogP contribution in [-0.2, 0) is 0 Å². The summed E-state index contributed by atoms with van der Waals surface area (Å²) in [5.74, 6) is 1.52. The molecule has 0 saturated heterocycles. The zero-order valence-electron chi connectivity index (χ0n) is 13.9. The van der Waals surface area contributed by atoms with E-state index in [2.05, 4.69) is 10.6 Å². The van der Waals surface area contributed by atoms with E-state index < -0.39 is 6.10 Å². The molecule has 25 heavy (non-hydrogen) atoms. The van der Waals surface area contributed by atoms with Gasteiger partial charge in [0.1, 0.15) is 0 Å². The van der Waals surface area contributed by atoms with Crippen LogP contribution in [0.25, 0.3) is 12.2 Å². The van der Waals surface area contributed by atoms with Gasteiger partial charge in [0.05, 0.1) is 6.10 Å². The summed E-state index contributed by atoms with van der Waals surface area (Å²) in [6, 6.07) is 12.9. The van der Waals surface area contributed by atoms with Crippen molar-refractivity contribution in [2.45, 2.75) is 13.0 Å². The number of aliphatic hydroxyl groups is 1. The Kier molecular flexibility index (Phi) is 5.20. The van der Waals surface area contributed by atoms with Gasteiger partial charge >= 0.3 is 6.03 Å². The fourth-order valence-electron chi connectivity index (χ4n) is 2.30. The minimum atomic E-state index is -0.575. The Morgan fingerprint density at radius 1 is 1.12 bits per heavy atom. The molecule has 130 valence electrons. The molecule has 0 aromatic heterocycles. The lowest BCUT2D eigenvalue weighted by atomic mass is 10.1. The lowest BCUT2D eigenvalue weighted by Gasteiger charge is -2.09. The number of carbonyl (C=O) groups is 1. The normalized spacial score (nSPS) is 13.7. The average Bonchev–Trinajstić information content (AvgIpc) is 3.07. The molecule has 0 unspecified atom stereocenters. The summed E-state index contributed by atoms with van der Waals surface area (Å²) in [5.41, 5.74) is 2.71. The van der Waals surface area contributed by atoms with E-state index in [0.29, 0.717) is 5.69 Å². The van der Waals surface area contributed by atoms with Crippen molar-refractivity contribution >= 4 is 23.9 Å². The topological polar surface area (TPSA) is 79.8 Å². The van der Waals surface area contributed by atoms with Gasteiger partial charge in [0.25, 0.3) is 0 Å². The second-order valence-electron chi connectivity index (χ2n) is 5.75. The van der Waals surface area contributed by atoms with E-state index >= 15 is 0 Å². The highest BCUT2D eigenvalue weighted by Crippen LogP contribution is 2.32. The molecule has 3 N–H and O–H groups in total. The molecule has 1 atom stereocenters. The maximum absolute atomic E-state index is 11.6. The second-order valence-corrected chi connectivity index (χ2v) is 5.75. The van der Waals surface area contributed by atoms with Gasteiger partial charge in [-0.1, -0.05) is 30.4 Å². The Labute approximate surface area is 146 Å². The van der Waals surface area contributed by atoms with E-state index in [4.69, 9.17) is 14.6 Å². The summed E-state index contributed by atoms with van der Waals surface area (Å²) in [7, 11) is 0. The van der Waals surface area contributed by atoms with Crippen molar-refractivity contribution in [1.82, 2.24) is 5.32 Å². The molecule has 0 bridgehead atoms. The highest BCUT2D eigenvalue weighted by atomic mass is 16.7. The Morgan fingerprint density at radius 2 is 1.80 bits per heavy atom. The van der Waals surface area contributed by atoms with Crippen molar-refractivity contribution in [3.8, 4) is 11.5 Å². The first-order valence-electron chi connectivity index (χ1n) is 8.01. The molecule has 0 saturated carbocycles. The molecule has 0 radical (unpaired) electrons. The maximum atomic E-state index is 11.6. The highest BCUT2D eigenvalue weighted by Gasteiger charge is 2.12. The Bertz CT molecular complexity index is 769. The van der Waals surface area contributed by atoms with Gasteiger partial charge in [-0.25, -0.2) is 4.79 Å². The van der Waals surface area contributed by atoms with Crippen LogP contribution in [0.2, 0.25) is 0 Å². The zero-order valence-corrected chi connectivity index (χ0v) is 13.9. The van der Waals surface area contributed by atoms with Gasteiger partial charge in [-0.3, -0.25) is 0 Å². The molecule has 1 aliphatic heterocycles. The van der Waals surface area contributed by atoms with Crippen LogP contribution >= 0.6 is 0 Å². The third-order valence-electron chi connectivity index (χ3n) is 3.59. The van der Waals surface area contributed by atoms with Crippen molar-refractivity contribution in [3.05, 3.63) is 53.6 Å². The first kappa shape index (κ1) is 16.9. The average molecular weight is 340 g/mol. The van der Waals surface area contributed by atoms with E-state index in [1.807, 2.05) is 54.6 Å². The second kappa shape index (κ2) is 7.72. The summed E-state index contributed by atoms with van der Waals surface area (Å²) >= 11 is 0. The minimum absolute atomic E-state index is 0.211. The number of urea groups is 1. The molecule has 6 heteroatoms. The van der Waals surface area contributed by atoms with Crippen LogP contribution in [-0.4, -0.2) is 30.6 Å². The van der Waals surface area contributed by atoms with Gasteiger partial charge in [0.15, 0.2) is 11.5 Å². The van der Waals surface area contributed by atoms with Gasteiger partial charge in [-0.2, -0.15) is 0 Å². The zero-order chi connectivity index (χ0) is 17.6. The number of amides is 2. The SMILES string of the molecule is C[C@@H](O)CNC(=O)Nc1ccc(/C=C/c2ccc3c(c2)OCO3)cc1. The van der Waals surface area contributed by atoms with E-state index in [0.717, 1.165) is 22.6 Å². The third-order valence-corrected chi connectivity index (χ3v) is 3.59. The van der Waals surface area contributed by atoms with Crippen molar-refractivity contribution in [2.75, 3.05) is 18.7 Å².